The van der Waals surface area contributed by atoms with E-state index in [0.717, 1.165) is 5.56 Å². The molecule has 0 radical (unpaired) electrons. The average molecular weight is 232 g/mol. The number of aromatic nitrogens is 2. The Morgan fingerprint density at radius 3 is 2.53 bits per heavy atom. The molecule has 2 rings (SSSR count). The lowest BCUT2D eigenvalue weighted by Crippen LogP contribution is -2.13. The summed E-state index contributed by atoms with van der Waals surface area (Å²) in [6, 6.07) is 9.21. The van der Waals surface area contributed by atoms with E-state index in [1.54, 1.807) is 7.05 Å². The van der Waals surface area contributed by atoms with Gasteiger partial charge in [-0.2, -0.15) is 0 Å². The van der Waals surface area contributed by atoms with E-state index in [2.05, 4.69) is 9.72 Å². The standard InChI is InChI=1S/C12H12N2O3/c1-14-10(8-6-4-3-5-7-8)9(11(15)17-2)13-12(14)16/h3-7H,1-2H3,(H,13,16). The van der Waals surface area contributed by atoms with Crippen LogP contribution in [0.15, 0.2) is 35.1 Å². The normalized spacial score (nSPS) is 10.2. The van der Waals surface area contributed by atoms with E-state index >= 15 is 0 Å². The Kier molecular flexibility index (Phi) is 2.82. The molecule has 5 heteroatoms. The van der Waals surface area contributed by atoms with Gasteiger partial charge in [0, 0.05) is 12.6 Å². The number of ether oxygens (including phenoxy) is 1. The highest BCUT2D eigenvalue weighted by Crippen LogP contribution is 2.20. The predicted molar refractivity (Wildman–Crippen MR) is 62.8 cm³/mol. The molecule has 88 valence electrons. The minimum atomic E-state index is -0.554. The zero-order chi connectivity index (χ0) is 12.4. The van der Waals surface area contributed by atoms with Crippen molar-refractivity contribution in [3.63, 3.8) is 0 Å². The van der Waals surface area contributed by atoms with Gasteiger partial charge >= 0.3 is 11.7 Å². The molecule has 0 amide bonds. The third kappa shape index (κ3) is 1.87. The maximum absolute atomic E-state index is 11.6. The van der Waals surface area contributed by atoms with E-state index < -0.39 is 5.97 Å². The number of nitrogens with zero attached hydrogens (tertiary/aromatic N) is 1. The molecule has 0 unspecified atom stereocenters. The Labute approximate surface area is 97.7 Å². The molecular weight excluding hydrogens is 220 g/mol. The van der Waals surface area contributed by atoms with Gasteiger partial charge in [0.15, 0.2) is 5.69 Å². The molecule has 0 atom stereocenters. The van der Waals surface area contributed by atoms with Gasteiger partial charge in [-0.25, -0.2) is 9.59 Å². The van der Waals surface area contributed by atoms with Crippen LogP contribution in [0.25, 0.3) is 11.3 Å². The number of esters is 1. The lowest BCUT2D eigenvalue weighted by Gasteiger charge is -2.04. The summed E-state index contributed by atoms with van der Waals surface area (Å²) in [5, 5.41) is 0. The van der Waals surface area contributed by atoms with E-state index in [-0.39, 0.29) is 11.4 Å². The van der Waals surface area contributed by atoms with Crippen LogP contribution in [-0.4, -0.2) is 22.6 Å². The zero-order valence-electron chi connectivity index (χ0n) is 9.56. The second kappa shape index (κ2) is 4.29. The summed E-state index contributed by atoms with van der Waals surface area (Å²) in [5.41, 5.74) is 1.15. The highest BCUT2D eigenvalue weighted by atomic mass is 16.5. The van der Waals surface area contributed by atoms with Crippen molar-refractivity contribution >= 4 is 5.97 Å². The number of benzene rings is 1. The van der Waals surface area contributed by atoms with E-state index in [1.165, 1.54) is 11.7 Å². The topological polar surface area (TPSA) is 64.1 Å². The molecule has 2 aromatic rings. The van der Waals surface area contributed by atoms with Gasteiger partial charge in [0.05, 0.1) is 12.8 Å². The van der Waals surface area contributed by atoms with Crippen molar-refractivity contribution in [1.29, 1.82) is 0 Å². The van der Waals surface area contributed by atoms with Crippen LogP contribution in [0.2, 0.25) is 0 Å². The molecule has 5 nitrogen and oxygen atoms in total. The maximum atomic E-state index is 11.6. The van der Waals surface area contributed by atoms with Crippen molar-refractivity contribution in [1.82, 2.24) is 9.55 Å². The van der Waals surface area contributed by atoms with E-state index in [9.17, 15) is 9.59 Å². The number of carbonyl (C=O) groups is 1. The first-order valence-electron chi connectivity index (χ1n) is 5.08. The van der Waals surface area contributed by atoms with Crippen LogP contribution in [0.4, 0.5) is 0 Å². The van der Waals surface area contributed by atoms with E-state index in [1.807, 2.05) is 30.3 Å². The zero-order valence-corrected chi connectivity index (χ0v) is 9.56. The van der Waals surface area contributed by atoms with Gasteiger partial charge in [-0.05, 0) is 0 Å². The molecule has 0 aliphatic rings. The van der Waals surface area contributed by atoms with Gasteiger partial charge in [0.25, 0.3) is 0 Å². The number of rotatable bonds is 2. The highest BCUT2D eigenvalue weighted by molar-refractivity contribution is 5.94. The predicted octanol–water partition coefficient (Wildman–Crippen LogP) is 1.17. The van der Waals surface area contributed by atoms with Gasteiger partial charge in [0.2, 0.25) is 0 Å². The van der Waals surface area contributed by atoms with Crippen LogP contribution in [0.3, 0.4) is 0 Å². The van der Waals surface area contributed by atoms with Crippen molar-refractivity contribution in [2.45, 2.75) is 0 Å². The first kappa shape index (κ1) is 11.2. The molecule has 1 aromatic heterocycles. The largest absolute Gasteiger partial charge is 0.464 e. The quantitative estimate of drug-likeness (QED) is 0.790. The van der Waals surface area contributed by atoms with Crippen LogP contribution in [0.1, 0.15) is 10.5 Å². The number of aromatic amines is 1. The summed E-state index contributed by atoms with van der Waals surface area (Å²) in [5.74, 6) is -0.554. The van der Waals surface area contributed by atoms with Gasteiger partial charge in [0.1, 0.15) is 0 Å². The third-order valence-corrected chi connectivity index (χ3v) is 2.55. The number of hydrogen-bond acceptors (Lipinski definition) is 3. The highest BCUT2D eigenvalue weighted by Gasteiger charge is 2.19. The minimum Gasteiger partial charge on any atom is -0.464 e. The van der Waals surface area contributed by atoms with Crippen LogP contribution in [-0.2, 0) is 11.8 Å². The molecular formula is C12H12N2O3. The smallest absolute Gasteiger partial charge is 0.356 e. The van der Waals surface area contributed by atoms with Gasteiger partial charge < -0.3 is 4.74 Å². The number of carbonyl (C=O) groups excluding carboxylic acids is 1. The molecule has 1 heterocycles. The monoisotopic (exact) mass is 232 g/mol. The fourth-order valence-corrected chi connectivity index (χ4v) is 1.70. The first-order valence-corrected chi connectivity index (χ1v) is 5.08. The Morgan fingerprint density at radius 2 is 1.94 bits per heavy atom. The lowest BCUT2D eigenvalue weighted by molar-refractivity contribution is 0.0595. The van der Waals surface area contributed by atoms with Gasteiger partial charge in [-0.15, -0.1) is 0 Å². The fourth-order valence-electron chi connectivity index (χ4n) is 1.70. The molecule has 0 saturated heterocycles. The minimum absolute atomic E-state index is 0.172. The summed E-state index contributed by atoms with van der Waals surface area (Å²) < 4.78 is 6.03. The summed E-state index contributed by atoms with van der Waals surface area (Å²) >= 11 is 0. The van der Waals surface area contributed by atoms with Crippen LogP contribution in [0, 0.1) is 0 Å². The molecule has 0 aliphatic heterocycles. The molecule has 0 bridgehead atoms. The van der Waals surface area contributed by atoms with E-state index in [0.29, 0.717) is 5.69 Å². The second-order valence-corrected chi connectivity index (χ2v) is 3.57. The summed E-state index contributed by atoms with van der Waals surface area (Å²) in [6.07, 6.45) is 0. The Hall–Kier alpha value is -2.30. The molecule has 17 heavy (non-hydrogen) atoms. The molecule has 1 aromatic carbocycles. The first-order chi connectivity index (χ1) is 8.15. The number of nitrogens with one attached hydrogen (secondary N) is 1. The van der Waals surface area contributed by atoms with Crippen molar-refractivity contribution in [2.24, 2.45) is 7.05 Å². The number of hydrogen-bond donors (Lipinski definition) is 1. The van der Waals surface area contributed by atoms with E-state index in [4.69, 9.17) is 0 Å². The van der Waals surface area contributed by atoms with Crippen molar-refractivity contribution < 1.29 is 9.53 Å². The van der Waals surface area contributed by atoms with Crippen LogP contribution >= 0.6 is 0 Å². The molecule has 0 spiro atoms. The summed E-state index contributed by atoms with van der Waals surface area (Å²) in [4.78, 5) is 25.6. The maximum Gasteiger partial charge on any atom is 0.356 e. The fraction of sp³-hybridized carbons (Fsp3) is 0.167. The third-order valence-electron chi connectivity index (χ3n) is 2.55. The Balaban J connectivity index is 2.68. The number of imidazole rings is 1. The number of H-pyrrole nitrogens is 1. The van der Waals surface area contributed by atoms with Crippen LogP contribution in [0.5, 0.6) is 0 Å². The molecule has 0 saturated carbocycles. The SMILES string of the molecule is COC(=O)c1[nH]c(=O)n(C)c1-c1ccccc1. The number of methoxy groups -OCH3 is 1. The molecule has 1 N–H and O–H groups in total. The lowest BCUT2D eigenvalue weighted by atomic mass is 10.1. The van der Waals surface area contributed by atoms with Gasteiger partial charge in [-0.3, -0.25) is 9.55 Å². The summed E-state index contributed by atoms with van der Waals surface area (Å²) in [7, 11) is 2.88. The van der Waals surface area contributed by atoms with Crippen molar-refractivity contribution in [2.75, 3.05) is 7.11 Å². The van der Waals surface area contributed by atoms with Crippen molar-refractivity contribution in [3.8, 4) is 11.3 Å². The molecule has 0 fully saturated rings. The van der Waals surface area contributed by atoms with Crippen LogP contribution < -0.4 is 5.69 Å². The van der Waals surface area contributed by atoms with Crippen molar-refractivity contribution in [3.05, 3.63) is 46.5 Å². The Morgan fingerprint density at radius 1 is 1.29 bits per heavy atom. The van der Waals surface area contributed by atoms with Gasteiger partial charge in [-0.1, -0.05) is 30.3 Å². The average Bonchev–Trinajstić information content (AvgIpc) is 2.66. The second-order valence-electron chi connectivity index (χ2n) is 3.57. The Bertz CT molecular complexity index is 596. The molecule has 0 aliphatic carbocycles. The summed E-state index contributed by atoms with van der Waals surface area (Å²) in [6.45, 7) is 0.